The van der Waals surface area contributed by atoms with Gasteiger partial charge in [0, 0.05) is 50.7 Å². The third kappa shape index (κ3) is 3.05. The van der Waals surface area contributed by atoms with E-state index in [9.17, 15) is 10.5 Å². The Kier molecular flexibility index (Phi) is 4.89. The first kappa shape index (κ1) is 24.3. The van der Waals surface area contributed by atoms with Crippen LogP contribution in [0.3, 0.4) is 0 Å². The molecule has 0 saturated heterocycles. The lowest BCUT2D eigenvalue weighted by Crippen LogP contribution is -1.96. The number of nitrogens with zero attached hydrogens (tertiary/aromatic N) is 5. The van der Waals surface area contributed by atoms with Crippen LogP contribution in [0, 0.1) is 22.7 Å². The number of hydrogen-bond donors (Lipinski definition) is 0. The fourth-order valence-electron chi connectivity index (χ4n) is 7.32. The number of nitriles is 2. The average molecular weight is 562 g/mol. The first-order valence-electron chi connectivity index (χ1n) is 14.6. The van der Waals surface area contributed by atoms with E-state index in [-0.39, 0.29) is 0 Å². The highest BCUT2D eigenvalue weighted by Gasteiger charge is 2.24. The van der Waals surface area contributed by atoms with Gasteiger partial charge in [0.1, 0.15) is 6.07 Å². The van der Waals surface area contributed by atoms with Crippen LogP contribution in [0.2, 0.25) is 0 Å². The Bertz CT molecular complexity index is 2720. The average Bonchev–Trinajstić information content (AvgIpc) is 3.70. The van der Waals surface area contributed by atoms with Crippen LogP contribution in [-0.2, 0) is 7.05 Å². The molecular weight excluding hydrogens is 538 g/mol. The first-order valence-corrected chi connectivity index (χ1v) is 14.6. The van der Waals surface area contributed by atoms with Crippen molar-refractivity contribution in [2.45, 2.75) is 0 Å². The van der Waals surface area contributed by atoms with Crippen LogP contribution in [0.4, 0.5) is 0 Å². The van der Waals surface area contributed by atoms with E-state index in [1.165, 1.54) is 5.39 Å². The molecule has 0 radical (unpaired) electrons. The van der Waals surface area contributed by atoms with Gasteiger partial charge in [-0.25, -0.2) is 0 Å². The smallest absolute Gasteiger partial charge is 0.101 e. The van der Waals surface area contributed by atoms with Crippen molar-refractivity contribution < 1.29 is 0 Å². The van der Waals surface area contributed by atoms with Gasteiger partial charge in [0.05, 0.1) is 50.3 Å². The minimum absolute atomic E-state index is 0.637. The van der Waals surface area contributed by atoms with E-state index in [1.54, 1.807) is 0 Å². The quantitative estimate of drug-likeness (QED) is 0.211. The van der Waals surface area contributed by atoms with Gasteiger partial charge in [-0.15, -0.1) is 0 Å². The van der Waals surface area contributed by atoms with E-state index >= 15 is 0 Å². The van der Waals surface area contributed by atoms with Crippen molar-refractivity contribution in [2.75, 3.05) is 0 Å². The number of benzene rings is 6. The van der Waals surface area contributed by atoms with Crippen LogP contribution in [-0.4, -0.2) is 13.7 Å². The molecule has 5 heteroatoms. The lowest BCUT2D eigenvalue weighted by molar-refractivity contribution is 1.02. The number of aromatic nitrogens is 3. The molecule has 0 aliphatic rings. The summed E-state index contributed by atoms with van der Waals surface area (Å²) in [5, 5.41) is 26.7. The molecule has 44 heavy (non-hydrogen) atoms. The maximum absolute atomic E-state index is 10.6. The van der Waals surface area contributed by atoms with Crippen LogP contribution < -0.4 is 0 Å². The number of hydrogen-bond acceptors (Lipinski definition) is 2. The first-order chi connectivity index (χ1) is 21.7. The van der Waals surface area contributed by atoms with Crippen LogP contribution >= 0.6 is 0 Å². The molecule has 5 nitrogen and oxygen atoms in total. The van der Waals surface area contributed by atoms with Gasteiger partial charge in [-0.05, 0) is 60.7 Å². The molecule has 0 unspecified atom stereocenters. The molecule has 0 N–H and O–H groups in total. The number of aryl methyl sites for hydroxylation is 1. The largest absolute Gasteiger partial charge is 0.342 e. The fourth-order valence-corrected chi connectivity index (χ4v) is 7.32. The predicted octanol–water partition coefficient (Wildman–Crippen LogP) is 9.27. The molecule has 0 amide bonds. The summed E-state index contributed by atoms with van der Waals surface area (Å²) in [7, 11) is 2.15. The van der Waals surface area contributed by atoms with Gasteiger partial charge in [-0.2, -0.15) is 10.5 Å². The van der Waals surface area contributed by atoms with Gasteiger partial charge in [-0.1, -0.05) is 60.7 Å². The van der Waals surface area contributed by atoms with Gasteiger partial charge in [0.2, 0.25) is 0 Å². The normalized spacial score (nSPS) is 11.7. The molecule has 6 aromatic carbocycles. The van der Waals surface area contributed by atoms with Crippen LogP contribution in [0.5, 0.6) is 0 Å². The van der Waals surface area contributed by atoms with Gasteiger partial charge in [-0.3, -0.25) is 0 Å². The summed E-state index contributed by atoms with van der Waals surface area (Å²) in [4.78, 5) is 0. The second-order valence-corrected chi connectivity index (χ2v) is 11.3. The van der Waals surface area contributed by atoms with Crippen LogP contribution in [0.1, 0.15) is 11.1 Å². The topological polar surface area (TPSA) is 62.4 Å². The zero-order valence-electron chi connectivity index (χ0n) is 23.8. The molecule has 9 rings (SSSR count). The van der Waals surface area contributed by atoms with Crippen molar-refractivity contribution in [3.05, 3.63) is 132 Å². The minimum atomic E-state index is 0.637. The van der Waals surface area contributed by atoms with Crippen molar-refractivity contribution in [1.29, 1.82) is 10.5 Å². The van der Waals surface area contributed by atoms with Gasteiger partial charge < -0.3 is 13.7 Å². The Morgan fingerprint density at radius 3 is 1.80 bits per heavy atom. The highest BCUT2D eigenvalue weighted by atomic mass is 15.0. The van der Waals surface area contributed by atoms with Crippen molar-refractivity contribution in [3.63, 3.8) is 0 Å². The Morgan fingerprint density at radius 1 is 0.477 bits per heavy atom. The Hall–Kier alpha value is -6.30. The molecule has 0 aliphatic carbocycles. The molecule has 0 bridgehead atoms. The Morgan fingerprint density at radius 2 is 1.09 bits per heavy atom. The Balaban J connectivity index is 1.50. The molecule has 0 fully saturated rings. The summed E-state index contributed by atoms with van der Waals surface area (Å²) in [6.45, 7) is 0. The van der Waals surface area contributed by atoms with Gasteiger partial charge in [0.15, 0.2) is 0 Å². The third-order valence-electron chi connectivity index (χ3n) is 9.07. The summed E-state index contributed by atoms with van der Waals surface area (Å²) < 4.78 is 6.83. The van der Waals surface area contributed by atoms with Gasteiger partial charge >= 0.3 is 0 Å². The molecule has 0 spiro atoms. The predicted molar refractivity (Wildman–Crippen MR) is 179 cm³/mol. The second-order valence-electron chi connectivity index (χ2n) is 11.3. The lowest BCUT2D eigenvalue weighted by Gasteiger charge is -2.09. The zero-order valence-corrected chi connectivity index (χ0v) is 23.8. The zero-order chi connectivity index (χ0) is 29.5. The third-order valence-corrected chi connectivity index (χ3v) is 9.07. The van der Waals surface area contributed by atoms with Crippen LogP contribution in [0.15, 0.2) is 121 Å². The van der Waals surface area contributed by atoms with Crippen molar-refractivity contribution >= 4 is 65.4 Å². The number of fused-ring (bicyclic) bond motifs is 11. The van der Waals surface area contributed by atoms with E-state index in [0.29, 0.717) is 11.1 Å². The summed E-state index contributed by atoms with van der Waals surface area (Å²) in [6, 6.07) is 46.2. The lowest BCUT2D eigenvalue weighted by atomic mass is 10.0. The molecule has 9 aromatic rings. The number of para-hydroxylation sites is 3. The maximum Gasteiger partial charge on any atom is 0.101 e. The van der Waals surface area contributed by atoms with E-state index in [1.807, 2.05) is 42.5 Å². The number of rotatable bonds is 2. The molecule has 0 saturated carbocycles. The minimum Gasteiger partial charge on any atom is -0.342 e. The standard InChI is InChI=1S/C39H23N5/c1-42-38-28(19-20-34-35(38)29-11-5-7-13-32(29)43(34)27-17-15-24(22-40)16-18-27)31-21-25(23-41)37-36(39(31)42)30-12-6-8-14-33(30)44(37)26-9-3-2-4-10-26/h2-21H,1H3. The summed E-state index contributed by atoms with van der Waals surface area (Å²) in [5.41, 5.74) is 9.77. The molecule has 0 aliphatic heterocycles. The molecule has 3 heterocycles. The fraction of sp³-hybridized carbons (Fsp3) is 0.0256. The van der Waals surface area contributed by atoms with Crippen molar-refractivity contribution in [2.24, 2.45) is 7.05 Å². The van der Waals surface area contributed by atoms with E-state index in [2.05, 4.69) is 112 Å². The van der Waals surface area contributed by atoms with E-state index in [0.717, 1.165) is 71.4 Å². The molecule has 204 valence electrons. The SMILES string of the molecule is Cn1c2c(ccc3c2c2ccccc2n3-c2ccc(C#N)cc2)c2cc(C#N)c3c(c4ccccc4n3-c3ccccc3)c21. The molecular formula is C39H23N5. The second kappa shape index (κ2) is 8.85. The summed E-state index contributed by atoms with van der Waals surface area (Å²) in [5.74, 6) is 0. The molecule has 0 atom stereocenters. The Labute approximate surface area is 252 Å². The van der Waals surface area contributed by atoms with E-state index in [4.69, 9.17) is 0 Å². The molecule has 3 aromatic heterocycles. The summed E-state index contributed by atoms with van der Waals surface area (Å²) in [6.07, 6.45) is 0. The maximum atomic E-state index is 10.6. The van der Waals surface area contributed by atoms with Gasteiger partial charge in [0.25, 0.3) is 0 Å². The van der Waals surface area contributed by atoms with Crippen LogP contribution in [0.25, 0.3) is 76.8 Å². The van der Waals surface area contributed by atoms with Crippen molar-refractivity contribution in [3.8, 4) is 23.5 Å². The summed E-state index contributed by atoms with van der Waals surface area (Å²) >= 11 is 0. The highest BCUT2D eigenvalue weighted by molar-refractivity contribution is 6.31. The monoisotopic (exact) mass is 561 g/mol. The van der Waals surface area contributed by atoms with E-state index < -0.39 is 0 Å². The highest BCUT2D eigenvalue weighted by Crippen LogP contribution is 2.45. The van der Waals surface area contributed by atoms with Crippen molar-refractivity contribution in [1.82, 2.24) is 13.7 Å².